The Hall–Kier alpha value is -1.16. The lowest BCUT2D eigenvalue weighted by atomic mass is 10.2. The summed E-state index contributed by atoms with van der Waals surface area (Å²) >= 11 is 1.67. The summed E-state index contributed by atoms with van der Waals surface area (Å²) in [5, 5.41) is 2.86. The number of anilines is 1. The molecule has 0 heterocycles. The van der Waals surface area contributed by atoms with Crippen molar-refractivity contribution >= 4 is 23.4 Å². The largest absolute Gasteiger partial charge is 0.399 e. The molecule has 1 aromatic carbocycles. The van der Waals surface area contributed by atoms with Gasteiger partial charge < -0.3 is 11.1 Å². The van der Waals surface area contributed by atoms with Crippen molar-refractivity contribution in [3.05, 3.63) is 29.8 Å². The molecule has 0 spiro atoms. The number of nitrogen functional groups attached to an aromatic ring is 1. The van der Waals surface area contributed by atoms with Crippen molar-refractivity contribution < 1.29 is 4.79 Å². The van der Waals surface area contributed by atoms with Crippen LogP contribution in [0.5, 0.6) is 0 Å². The minimum atomic E-state index is 0.133. The van der Waals surface area contributed by atoms with Gasteiger partial charge in [-0.05, 0) is 36.3 Å². The first-order valence-corrected chi connectivity index (χ1v) is 7.06. The minimum Gasteiger partial charge on any atom is -0.399 e. The molecule has 1 aromatic rings. The Balaban J connectivity index is 2.11. The fourth-order valence-electron chi connectivity index (χ4n) is 1.35. The van der Waals surface area contributed by atoms with Crippen molar-refractivity contribution in [2.24, 2.45) is 0 Å². The molecule has 0 aliphatic carbocycles. The SMILES string of the molecule is CCCNC(=O)CSCCc1ccc(N)cc1. The summed E-state index contributed by atoms with van der Waals surface area (Å²) in [6.07, 6.45) is 1.97. The number of nitrogens with one attached hydrogen (secondary N) is 1. The Bertz CT molecular complexity index is 338. The lowest BCUT2D eigenvalue weighted by Crippen LogP contribution is -2.25. The second-order valence-corrected chi connectivity index (χ2v) is 5.00. The van der Waals surface area contributed by atoms with Gasteiger partial charge in [-0.2, -0.15) is 11.8 Å². The van der Waals surface area contributed by atoms with Crippen molar-refractivity contribution in [3.8, 4) is 0 Å². The first-order valence-electron chi connectivity index (χ1n) is 5.91. The average molecular weight is 252 g/mol. The van der Waals surface area contributed by atoms with Crippen LogP contribution in [0.3, 0.4) is 0 Å². The topological polar surface area (TPSA) is 55.1 Å². The van der Waals surface area contributed by atoms with E-state index in [2.05, 4.69) is 12.2 Å². The summed E-state index contributed by atoms with van der Waals surface area (Å²) < 4.78 is 0. The van der Waals surface area contributed by atoms with E-state index in [1.54, 1.807) is 11.8 Å². The first kappa shape index (κ1) is 13.9. The van der Waals surface area contributed by atoms with E-state index in [1.807, 2.05) is 24.3 Å². The zero-order valence-corrected chi connectivity index (χ0v) is 11.1. The van der Waals surface area contributed by atoms with Crippen LogP contribution in [0.25, 0.3) is 0 Å². The van der Waals surface area contributed by atoms with E-state index < -0.39 is 0 Å². The maximum absolute atomic E-state index is 11.3. The lowest BCUT2D eigenvalue weighted by molar-refractivity contribution is -0.118. The fraction of sp³-hybridized carbons (Fsp3) is 0.462. The van der Waals surface area contributed by atoms with Crippen molar-refractivity contribution in [2.45, 2.75) is 19.8 Å². The number of thioether (sulfide) groups is 1. The van der Waals surface area contributed by atoms with Gasteiger partial charge in [-0.3, -0.25) is 4.79 Å². The number of carbonyl (C=O) groups is 1. The summed E-state index contributed by atoms with van der Waals surface area (Å²) in [6.45, 7) is 2.83. The molecule has 3 nitrogen and oxygen atoms in total. The minimum absolute atomic E-state index is 0.133. The Labute approximate surface area is 107 Å². The number of nitrogens with two attached hydrogens (primary N) is 1. The standard InChI is InChI=1S/C13H20N2OS/c1-2-8-15-13(16)10-17-9-7-11-3-5-12(14)6-4-11/h3-6H,2,7-10,14H2,1H3,(H,15,16). The number of benzene rings is 1. The van der Waals surface area contributed by atoms with Gasteiger partial charge in [-0.1, -0.05) is 19.1 Å². The molecule has 1 amide bonds. The molecule has 1 rings (SSSR count). The van der Waals surface area contributed by atoms with Crippen LogP contribution in [-0.4, -0.2) is 24.0 Å². The van der Waals surface area contributed by atoms with Crippen LogP contribution < -0.4 is 11.1 Å². The maximum atomic E-state index is 11.3. The number of rotatable bonds is 7. The van der Waals surface area contributed by atoms with Gasteiger partial charge in [-0.25, -0.2) is 0 Å². The molecule has 0 atom stereocenters. The monoisotopic (exact) mass is 252 g/mol. The van der Waals surface area contributed by atoms with Gasteiger partial charge in [0.05, 0.1) is 5.75 Å². The van der Waals surface area contributed by atoms with Crippen molar-refractivity contribution in [2.75, 3.05) is 23.8 Å². The van der Waals surface area contributed by atoms with Crippen LogP contribution >= 0.6 is 11.8 Å². The summed E-state index contributed by atoms with van der Waals surface area (Å²) in [4.78, 5) is 11.3. The van der Waals surface area contributed by atoms with Gasteiger partial charge in [-0.15, -0.1) is 0 Å². The molecule has 0 radical (unpaired) electrons. The van der Waals surface area contributed by atoms with Crippen molar-refractivity contribution in [1.29, 1.82) is 0 Å². The number of carbonyl (C=O) groups excluding carboxylic acids is 1. The van der Waals surface area contributed by atoms with E-state index in [0.717, 1.165) is 30.8 Å². The van der Waals surface area contributed by atoms with Crippen LogP contribution in [0.2, 0.25) is 0 Å². The summed E-state index contributed by atoms with van der Waals surface area (Å²) in [5.74, 6) is 1.65. The lowest BCUT2D eigenvalue weighted by Gasteiger charge is -2.04. The number of amides is 1. The highest BCUT2D eigenvalue weighted by Crippen LogP contribution is 2.09. The highest BCUT2D eigenvalue weighted by Gasteiger charge is 2.00. The third-order valence-electron chi connectivity index (χ3n) is 2.32. The molecular weight excluding hydrogens is 232 g/mol. The predicted octanol–water partition coefficient (Wildman–Crippen LogP) is 2.07. The summed E-state index contributed by atoms with van der Waals surface area (Å²) in [5.41, 5.74) is 7.67. The zero-order chi connectivity index (χ0) is 12.5. The van der Waals surface area contributed by atoms with E-state index in [4.69, 9.17) is 5.73 Å². The highest BCUT2D eigenvalue weighted by atomic mass is 32.2. The summed E-state index contributed by atoms with van der Waals surface area (Å²) in [6, 6.07) is 7.89. The smallest absolute Gasteiger partial charge is 0.229 e. The number of hydrogen-bond acceptors (Lipinski definition) is 3. The van der Waals surface area contributed by atoms with Gasteiger partial charge in [0.15, 0.2) is 0 Å². The molecule has 94 valence electrons. The third-order valence-corrected chi connectivity index (χ3v) is 3.28. The molecule has 3 N–H and O–H groups in total. The van der Waals surface area contributed by atoms with E-state index in [-0.39, 0.29) is 5.91 Å². The predicted molar refractivity (Wildman–Crippen MR) is 75.2 cm³/mol. The molecule has 0 aliphatic rings. The maximum Gasteiger partial charge on any atom is 0.229 e. The molecule has 0 saturated carbocycles. The van der Waals surface area contributed by atoms with E-state index in [1.165, 1.54) is 5.56 Å². The normalized spacial score (nSPS) is 10.2. The molecule has 4 heteroatoms. The Morgan fingerprint density at radius 3 is 2.71 bits per heavy atom. The molecule has 0 aliphatic heterocycles. The molecule has 17 heavy (non-hydrogen) atoms. The van der Waals surface area contributed by atoms with Gasteiger partial charge in [0, 0.05) is 12.2 Å². The van der Waals surface area contributed by atoms with Crippen LogP contribution in [-0.2, 0) is 11.2 Å². The Morgan fingerprint density at radius 1 is 1.35 bits per heavy atom. The molecule has 0 aromatic heterocycles. The van der Waals surface area contributed by atoms with Gasteiger partial charge in [0.2, 0.25) is 5.91 Å². The van der Waals surface area contributed by atoms with Crippen LogP contribution in [0.4, 0.5) is 5.69 Å². The Morgan fingerprint density at radius 2 is 2.06 bits per heavy atom. The molecule has 0 unspecified atom stereocenters. The molecule has 0 fully saturated rings. The fourth-order valence-corrected chi connectivity index (χ4v) is 2.17. The van der Waals surface area contributed by atoms with Crippen LogP contribution in [0.15, 0.2) is 24.3 Å². The van der Waals surface area contributed by atoms with Crippen molar-refractivity contribution in [3.63, 3.8) is 0 Å². The van der Waals surface area contributed by atoms with Gasteiger partial charge >= 0.3 is 0 Å². The van der Waals surface area contributed by atoms with E-state index in [0.29, 0.717) is 5.75 Å². The quantitative estimate of drug-likeness (QED) is 0.577. The summed E-state index contributed by atoms with van der Waals surface area (Å²) in [7, 11) is 0. The Kier molecular flexibility index (Phi) is 6.55. The molecule has 0 saturated heterocycles. The average Bonchev–Trinajstić information content (AvgIpc) is 2.34. The first-order chi connectivity index (χ1) is 8.22. The van der Waals surface area contributed by atoms with Crippen LogP contribution in [0.1, 0.15) is 18.9 Å². The number of aryl methyl sites for hydroxylation is 1. The second-order valence-electron chi connectivity index (χ2n) is 3.89. The second kappa shape index (κ2) is 8.01. The third kappa shape index (κ3) is 6.22. The zero-order valence-electron chi connectivity index (χ0n) is 10.2. The van der Waals surface area contributed by atoms with E-state index in [9.17, 15) is 4.79 Å². The number of hydrogen-bond donors (Lipinski definition) is 2. The highest BCUT2D eigenvalue weighted by molar-refractivity contribution is 7.99. The molecular formula is C13H20N2OS. The van der Waals surface area contributed by atoms with Gasteiger partial charge in [0.25, 0.3) is 0 Å². The van der Waals surface area contributed by atoms with E-state index >= 15 is 0 Å². The van der Waals surface area contributed by atoms with Gasteiger partial charge in [0.1, 0.15) is 0 Å². The van der Waals surface area contributed by atoms with Crippen LogP contribution in [0, 0.1) is 0 Å². The molecule has 0 bridgehead atoms. The van der Waals surface area contributed by atoms with Crippen molar-refractivity contribution in [1.82, 2.24) is 5.32 Å².